The first-order chi connectivity index (χ1) is 35.1. The first kappa shape index (κ1) is 56.0. The van der Waals surface area contributed by atoms with Crippen LogP contribution >= 0.6 is 0 Å². The van der Waals surface area contributed by atoms with E-state index in [1.165, 1.54) is 0 Å². The number of carbonyl (C=O) groups is 1. The number of ether oxygens (including phenoxy) is 10. The number of ketones is 1. The Labute approximate surface area is 428 Å². The van der Waals surface area contributed by atoms with Crippen molar-refractivity contribution in [1.82, 2.24) is 0 Å². The molecule has 6 saturated heterocycles. The molecule has 1 spiro atoms. The molecule has 10 fully saturated rings. The highest BCUT2D eigenvalue weighted by atomic mass is 16.8. The van der Waals surface area contributed by atoms with Crippen molar-refractivity contribution in [1.29, 1.82) is 0 Å². The minimum Gasteiger partial charge on any atom is -0.394 e. The van der Waals surface area contributed by atoms with Gasteiger partial charge in [0.2, 0.25) is 0 Å². The quantitative estimate of drug-likeness (QED) is 0.0874. The molecule has 24 nitrogen and oxygen atoms in total. The Hall–Kier alpha value is -1.25. The standard InChI is InChI=1S/C50H80O24/c1-18-7-8-50(66-16-18)19(2)32-27(74-50)10-23-21-6-5-20-9-26(24(54)12-48(20,3)22(21)11-31(56)49(23,32)4)67-45-40(64)37(61)41(30(15-53)70-45)71-47-43(73-46-39(63)36(60)34(58)28(13-51)68-46)42(35(59)29(14-52)69-47)72-44-38(62)33(57)25(55)17-65-44/h18-30,32-47,51-55,57-64H,5-17H2,1-4H3/t18-,19+,20+,21-,22+,23+,24-,25-,26-,27+,28-,29-,30-,32+,33+,34-,35-,36+,37-,38-,39-,40-,41+,42+,43-,44+,45-,46+,47+,48+,49-,50-/m1/s1. The number of hydrogen-bond donors (Lipinski definition) is 13. The van der Waals surface area contributed by atoms with Gasteiger partial charge in [0.05, 0.1) is 51.3 Å². The van der Waals surface area contributed by atoms with E-state index in [4.69, 9.17) is 47.4 Å². The molecule has 74 heavy (non-hydrogen) atoms. The molecule has 0 aromatic heterocycles. The first-order valence-electron chi connectivity index (χ1n) is 26.8. The number of Topliss-reactive ketones (excluding diaryl/α,β-unsaturated/α-hetero) is 1. The number of fused-ring (bicyclic) bond motifs is 7. The second-order valence-corrected chi connectivity index (χ2v) is 23.9. The van der Waals surface area contributed by atoms with Gasteiger partial charge < -0.3 is 114 Å². The van der Waals surface area contributed by atoms with Gasteiger partial charge in [-0.25, -0.2) is 0 Å². The molecule has 4 aliphatic carbocycles. The predicted octanol–water partition coefficient (Wildman–Crippen LogP) is -4.12. The summed E-state index contributed by atoms with van der Waals surface area (Å²) in [6.45, 7) is 6.18. The summed E-state index contributed by atoms with van der Waals surface area (Å²) in [5, 5.41) is 141. The number of aliphatic hydroxyl groups excluding tert-OH is 13. The molecule has 0 radical (unpaired) electrons. The maximum absolute atomic E-state index is 14.7. The van der Waals surface area contributed by atoms with Gasteiger partial charge >= 0.3 is 0 Å². The summed E-state index contributed by atoms with van der Waals surface area (Å²) in [5.41, 5.74) is -0.978. The van der Waals surface area contributed by atoms with Gasteiger partial charge in [-0.05, 0) is 73.5 Å². The third kappa shape index (κ3) is 9.26. The molecule has 0 unspecified atom stereocenters. The average molecular weight is 1070 g/mol. The van der Waals surface area contributed by atoms with Crippen molar-refractivity contribution < 1.29 is 119 Å². The fourth-order valence-corrected chi connectivity index (χ4v) is 15.6. The molecule has 10 rings (SSSR count). The van der Waals surface area contributed by atoms with Crippen molar-refractivity contribution in [2.45, 2.75) is 220 Å². The summed E-state index contributed by atoms with van der Waals surface area (Å²) >= 11 is 0. The third-order valence-electron chi connectivity index (χ3n) is 19.9. The minimum atomic E-state index is -2.03. The van der Waals surface area contributed by atoms with E-state index >= 15 is 0 Å². The molecule has 4 saturated carbocycles. The summed E-state index contributed by atoms with van der Waals surface area (Å²) in [5.74, 6) is 0.590. The largest absolute Gasteiger partial charge is 0.394 e. The molecule has 13 N–H and O–H groups in total. The van der Waals surface area contributed by atoms with Crippen molar-refractivity contribution in [3.63, 3.8) is 0 Å². The zero-order chi connectivity index (χ0) is 53.1. The Bertz CT molecular complexity index is 1940. The van der Waals surface area contributed by atoms with Crippen LogP contribution in [-0.2, 0) is 52.2 Å². The smallest absolute Gasteiger partial charge is 0.187 e. The number of rotatable bonds is 11. The van der Waals surface area contributed by atoms with Crippen LogP contribution in [0.4, 0.5) is 0 Å². The van der Waals surface area contributed by atoms with E-state index in [-0.39, 0.29) is 47.4 Å². The Kier molecular flexibility index (Phi) is 16.2. The summed E-state index contributed by atoms with van der Waals surface area (Å²) < 4.78 is 60.8. The van der Waals surface area contributed by atoms with E-state index in [0.29, 0.717) is 31.8 Å². The molecule has 0 aromatic carbocycles. The Morgan fingerprint density at radius 3 is 1.91 bits per heavy atom. The lowest BCUT2D eigenvalue weighted by atomic mass is 9.43. The van der Waals surface area contributed by atoms with E-state index in [2.05, 4.69) is 27.7 Å². The van der Waals surface area contributed by atoms with E-state index in [0.717, 1.165) is 32.1 Å². The van der Waals surface area contributed by atoms with Crippen LogP contribution in [0.5, 0.6) is 0 Å². The van der Waals surface area contributed by atoms with Crippen molar-refractivity contribution >= 4 is 5.78 Å². The van der Waals surface area contributed by atoms with Crippen molar-refractivity contribution in [2.75, 3.05) is 33.0 Å². The molecule has 424 valence electrons. The van der Waals surface area contributed by atoms with Gasteiger partial charge in [-0.3, -0.25) is 4.79 Å². The van der Waals surface area contributed by atoms with Crippen molar-refractivity contribution in [3.8, 4) is 0 Å². The topological polar surface area (TPSA) is 372 Å². The maximum atomic E-state index is 14.7. The molecule has 10 aliphatic rings. The Balaban J connectivity index is 0.832. The fraction of sp³-hybridized carbons (Fsp3) is 0.980. The Morgan fingerprint density at radius 2 is 1.22 bits per heavy atom. The molecule has 6 aliphatic heterocycles. The highest BCUT2D eigenvalue weighted by Gasteiger charge is 2.72. The van der Waals surface area contributed by atoms with Crippen LogP contribution in [0.25, 0.3) is 0 Å². The summed E-state index contributed by atoms with van der Waals surface area (Å²) in [6.07, 6.45) is -30.9. The van der Waals surface area contributed by atoms with E-state index in [1.807, 2.05) is 0 Å². The first-order valence-corrected chi connectivity index (χ1v) is 26.8. The van der Waals surface area contributed by atoms with Gasteiger partial charge in [-0.2, -0.15) is 0 Å². The molecular weight excluding hydrogens is 985 g/mol. The predicted molar refractivity (Wildman–Crippen MR) is 244 cm³/mol. The lowest BCUT2D eigenvalue weighted by Gasteiger charge is -2.61. The zero-order valence-corrected chi connectivity index (χ0v) is 42.2. The molecule has 6 heterocycles. The van der Waals surface area contributed by atoms with Crippen molar-refractivity contribution in [3.05, 3.63) is 0 Å². The summed E-state index contributed by atoms with van der Waals surface area (Å²) in [6, 6.07) is 0. The van der Waals surface area contributed by atoms with Crippen LogP contribution in [-0.4, -0.2) is 246 Å². The monoisotopic (exact) mass is 1060 g/mol. The molecule has 0 bridgehead atoms. The SMILES string of the molecule is C[C@@H]1CC[C@@]2(OC1)O[C@H]1C[C@H]3[C@@H]4CC[C@H]5C[C@@H](O[C@@H]6O[C@H](CO)[C@H](O[C@@H]7O[C@H](CO)[C@@H](O)[C@H](O[C@@H]8OC[C@@H](O)[C@H](O)[C@H]8O)[C@H]7O[C@@H]7O[C@H](CO)[C@@H](O)[C@H](O)[C@H]7O)[C@H](O)[C@H]6O)[C@H](O)C[C@]5(C)[C@H]4CC(=O)[C@]3(C)[C@H]1[C@@H]2C. The van der Waals surface area contributed by atoms with E-state index in [1.54, 1.807) is 0 Å². The molecule has 24 heteroatoms. The average Bonchev–Trinajstić information content (AvgIpc) is 3.83. The van der Waals surface area contributed by atoms with Gasteiger partial charge in [0, 0.05) is 30.1 Å². The summed E-state index contributed by atoms with van der Waals surface area (Å²) in [7, 11) is 0. The maximum Gasteiger partial charge on any atom is 0.187 e. The number of hydrogen-bond acceptors (Lipinski definition) is 24. The Morgan fingerprint density at radius 1 is 0.595 bits per heavy atom. The zero-order valence-electron chi connectivity index (χ0n) is 42.2. The van der Waals surface area contributed by atoms with Crippen LogP contribution in [0.1, 0.15) is 79.1 Å². The van der Waals surface area contributed by atoms with Gasteiger partial charge in [-0.15, -0.1) is 0 Å². The van der Waals surface area contributed by atoms with Crippen LogP contribution in [0.15, 0.2) is 0 Å². The number of carbonyl (C=O) groups excluding carboxylic acids is 1. The van der Waals surface area contributed by atoms with Crippen LogP contribution in [0.3, 0.4) is 0 Å². The van der Waals surface area contributed by atoms with Crippen LogP contribution < -0.4 is 0 Å². The summed E-state index contributed by atoms with van der Waals surface area (Å²) in [4.78, 5) is 14.7. The van der Waals surface area contributed by atoms with Gasteiger partial charge in [0.1, 0.15) is 97.3 Å². The molecule has 32 atom stereocenters. The van der Waals surface area contributed by atoms with Gasteiger partial charge in [0.15, 0.2) is 30.9 Å². The minimum absolute atomic E-state index is 0.0131. The number of aliphatic hydroxyl groups is 13. The second kappa shape index (κ2) is 21.3. The van der Waals surface area contributed by atoms with E-state index in [9.17, 15) is 71.2 Å². The fourth-order valence-electron chi connectivity index (χ4n) is 15.6. The third-order valence-corrected chi connectivity index (χ3v) is 19.9. The van der Waals surface area contributed by atoms with Gasteiger partial charge in [0.25, 0.3) is 0 Å². The highest BCUT2D eigenvalue weighted by Crippen LogP contribution is 2.70. The van der Waals surface area contributed by atoms with Crippen molar-refractivity contribution in [2.24, 2.45) is 52.3 Å². The van der Waals surface area contributed by atoms with E-state index < -0.39 is 172 Å². The normalized spacial score (nSPS) is 57.6. The molecule has 0 amide bonds. The van der Waals surface area contributed by atoms with Gasteiger partial charge in [-0.1, -0.05) is 27.7 Å². The lowest BCUT2D eigenvalue weighted by molar-refractivity contribution is -0.404. The van der Waals surface area contributed by atoms with Crippen LogP contribution in [0.2, 0.25) is 0 Å². The van der Waals surface area contributed by atoms with Crippen LogP contribution in [0, 0.1) is 52.3 Å². The second-order valence-electron chi connectivity index (χ2n) is 23.9. The highest BCUT2D eigenvalue weighted by molar-refractivity contribution is 5.87. The lowest BCUT2D eigenvalue weighted by Crippen LogP contribution is -2.68. The molecular formula is C50H80O24. The molecule has 0 aromatic rings.